The maximum Gasteiger partial charge on any atom is 0.306 e. The van der Waals surface area contributed by atoms with Crippen LogP contribution in [0.15, 0.2) is 30.3 Å². The summed E-state index contributed by atoms with van der Waals surface area (Å²) in [5, 5.41) is 9.09. The lowest BCUT2D eigenvalue weighted by Gasteiger charge is -2.39. The van der Waals surface area contributed by atoms with E-state index in [1.165, 1.54) is 5.56 Å². The Morgan fingerprint density at radius 2 is 1.62 bits per heavy atom. The van der Waals surface area contributed by atoms with E-state index in [1.807, 2.05) is 11.0 Å². The molecule has 3 rings (SSSR count). The van der Waals surface area contributed by atoms with Crippen LogP contribution in [-0.2, 0) is 9.59 Å². The number of aliphatic carboxylic acids is 1. The number of nitrogens with zero attached hydrogens (tertiary/aromatic N) is 1. The first kappa shape index (κ1) is 17.0. The highest BCUT2D eigenvalue weighted by molar-refractivity contribution is 5.79. The van der Waals surface area contributed by atoms with E-state index in [0.29, 0.717) is 24.7 Å². The lowest BCUT2D eigenvalue weighted by molar-refractivity contribution is -0.146. The molecule has 2 aliphatic rings. The van der Waals surface area contributed by atoms with Crippen molar-refractivity contribution in [1.29, 1.82) is 0 Å². The minimum atomic E-state index is -0.710. The van der Waals surface area contributed by atoms with Crippen molar-refractivity contribution in [3.63, 3.8) is 0 Å². The van der Waals surface area contributed by atoms with E-state index >= 15 is 0 Å². The highest BCUT2D eigenvalue weighted by Crippen LogP contribution is 2.35. The summed E-state index contributed by atoms with van der Waals surface area (Å²) in [5.74, 6) is 0.298. The molecule has 1 saturated heterocycles. The molecule has 1 aromatic carbocycles. The van der Waals surface area contributed by atoms with Gasteiger partial charge in [-0.25, -0.2) is 0 Å². The molecule has 1 heterocycles. The molecule has 1 amide bonds. The van der Waals surface area contributed by atoms with Gasteiger partial charge >= 0.3 is 5.97 Å². The summed E-state index contributed by atoms with van der Waals surface area (Å²) in [6, 6.07) is 10.6. The molecule has 2 atom stereocenters. The third kappa shape index (κ3) is 3.63. The van der Waals surface area contributed by atoms with Crippen LogP contribution in [0.2, 0.25) is 0 Å². The summed E-state index contributed by atoms with van der Waals surface area (Å²) < 4.78 is 0. The lowest BCUT2D eigenvalue weighted by atomic mass is 9.79. The molecule has 0 aromatic heterocycles. The first-order valence-electron chi connectivity index (χ1n) is 9.12. The summed E-state index contributed by atoms with van der Waals surface area (Å²) in [5.41, 5.74) is 1.37. The second kappa shape index (κ2) is 7.37. The minimum absolute atomic E-state index is 0.0288. The number of rotatable bonds is 3. The van der Waals surface area contributed by atoms with Crippen molar-refractivity contribution >= 4 is 11.9 Å². The quantitative estimate of drug-likeness (QED) is 0.923. The summed E-state index contributed by atoms with van der Waals surface area (Å²) in [4.78, 5) is 25.9. The van der Waals surface area contributed by atoms with Crippen LogP contribution in [0.25, 0.3) is 0 Å². The number of hydrogen-bond donors (Lipinski definition) is 1. The molecule has 1 aliphatic carbocycles. The topological polar surface area (TPSA) is 57.6 Å². The Balaban J connectivity index is 1.56. The third-order valence-electron chi connectivity index (χ3n) is 5.87. The molecule has 2 fully saturated rings. The Bertz CT molecular complexity index is 578. The number of carbonyl (C=O) groups is 2. The van der Waals surface area contributed by atoms with Gasteiger partial charge in [0.2, 0.25) is 5.91 Å². The predicted molar refractivity (Wildman–Crippen MR) is 92.6 cm³/mol. The van der Waals surface area contributed by atoms with E-state index in [4.69, 9.17) is 5.11 Å². The van der Waals surface area contributed by atoms with Crippen LogP contribution < -0.4 is 0 Å². The molecule has 1 aromatic rings. The van der Waals surface area contributed by atoms with Gasteiger partial charge in [-0.3, -0.25) is 9.59 Å². The fourth-order valence-electron chi connectivity index (χ4n) is 4.39. The Kier molecular flexibility index (Phi) is 5.22. The molecule has 0 spiro atoms. The molecular weight excluding hydrogens is 302 g/mol. The number of likely N-dealkylation sites (tertiary alicyclic amines) is 1. The summed E-state index contributed by atoms with van der Waals surface area (Å²) in [7, 11) is 0. The van der Waals surface area contributed by atoms with Crippen molar-refractivity contribution < 1.29 is 14.7 Å². The second-order valence-corrected chi connectivity index (χ2v) is 7.45. The number of hydrogen-bond acceptors (Lipinski definition) is 2. The molecule has 24 heavy (non-hydrogen) atoms. The zero-order valence-corrected chi connectivity index (χ0v) is 14.4. The molecule has 1 saturated carbocycles. The van der Waals surface area contributed by atoms with Crippen molar-refractivity contribution in [3.8, 4) is 0 Å². The smallest absolute Gasteiger partial charge is 0.306 e. The second-order valence-electron chi connectivity index (χ2n) is 7.45. The Labute approximate surface area is 143 Å². The van der Waals surface area contributed by atoms with Gasteiger partial charge in [0.25, 0.3) is 0 Å². The van der Waals surface area contributed by atoms with Gasteiger partial charge in [-0.15, -0.1) is 0 Å². The molecule has 130 valence electrons. The van der Waals surface area contributed by atoms with E-state index in [9.17, 15) is 9.59 Å². The van der Waals surface area contributed by atoms with Crippen LogP contribution in [-0.4, -0.2) is 35.0 Å². The molecule has 0 radical (unpaired) electrons. The van der Waals surface area contributed by atoms with Crippen LogP contribution >= 0.6 is 0 Å². The van der Waals surface area contributed by atoms with Crippen molar-refractivity contribution in [1.82, 2.24) is 4.90 Å². The summed E-state index contributed by atoms with van der Waals surface area (Å²) >= 11 is 0. The van der Waals surface area contributed by atoms with Crippen LogP contribution in [0.1, 0.15) is 50.5 Å². The van der Waals surface area contributed by atoms with E-state index in [1.54, 1.807) is 0 Å². The first-order valence-corrected chi connectivity index (χ1v) is 9.12. The minimum Gasteiger partial charge on any atom is -0.481 e. The van der Waals surface area contributed by atoms with Crippen LogP contribution in [0, 0.1) is 17.8 Å². The molecule has 1 aliphatic heterocycles. The number of carboxylic acid groups (broad SMARTS) is 1. The monoisotopic (exact) mass is 329 g/mol. The van der Waals surface area contributed by atoms with E-state index in [-0.39, 0.29) is 17.7 Å². The van der Waals surface area contributed by atoms with Gasteiger partial charge in [-0.05, 0) is 49.5 Å². The molecule has 1 N–H and O–H groups in total. The van der Waals surface area contributed by atoms with Gasteiger partial charge in [-0.2, -0.15) is 0 Å². The van der Waals surface area contributed by atoms with Crippen molar-refractivity contribution in [2.75, 3.05) is 13.1 Å². The van der Waals surface area contributed by atoms with Crippen molar-refractivity contribution in [3.05, 3.63) is 35.9 Å². The SMILES string of the molecule is CC1CN(C(=O)C2CCC(C(=O)O)CC2)CCC1c1ccccc1. The van der Waals surface area contributed by atoms with Gasteiger partial charge in [0, 0.05) is 19.0 Å². The number of benzene rings is 1. The average molecular weight is 329 g/mol. The number of amides is 1. The highest BCUT2D eigenvalue weighted by atomic mass is 16.4. The fraction of sp³-hybridized carbons (Fsp3) is 0.600. The van der Waals surface area contributed by atoms with E-state index < -0.39 is 5.97 Å². The first-order chi connectivity index (χ1) is 11.6. The maximum atomic E-state index is 12.8. The largest absolute Gasteiger partial charge is 0.481 e. The number of carboxylic acids is 1. The maximum absolute atomic E-state index is 12.8. The normalized spacial score (nSPS) is 30.8. The van der Waals surface area contributed by atoms with Gasteiger partial charge in [0.15, 0.2) is 0 Å². The Morgan fingerprint density at radius 3 is 2.21 bits per heavy atom. The van der Waals surface area contributed by atoms with Gasteiger partial charge in [0.05, 0.1) is 5.92 Å². The Morgan fingerprint density at radius 1 is 1.00 bits per heavy atom. The van der Waals surface area contributed by atoms with Crippen molar-refractivity contribution in [2.45, 2.75) is 44.9 Å². The molecule has 4 nitrogen and oxygen atoms in total. The van der Waals surface area contributed by atoms with Crippen molar-refractivity contribution in [2.24, 2.45) is 17.8 Å². The number of piperidine rings is 1. The van der Waals surface area contributed by atoms with Gasteiger partial charge in [-0.1, -0.05) is 37.3 Å². The van der Waals surface area contributed by atoms with Gasteiger partial charge < -0.3 is 10.0 Å². The zero-order valence-electron chi connectivity index (χ0n) is 14.4. The standard InChI is InChI=1S/C20H27NO3/c1-14-13-21(12-11-18(14)15-5-3-2-4-6-15)19(22)16-7-9-17(10-8-16)20(23)24/h2-6,14,16-18H,7-13H2,1H3,(H,23,24). The average Bonchev–Trinajstić information content (AvgIpc) is 2.62. The molecule has 0 bridgehead atoms. The molecule has 4 heteroatoms. The molecule has 2 unspecified atom stereocenters. The Hall–Kier alpha value is -1.84. The zero-order chi connectivity index (χ0) is 17.1. The van der Waals surface area contributed by atoms with E-state index in [0.717, 1.165) is 32.4 Å². The highest BCUT2D eigenvalue weighted by Gasteiger charge is 2.35. The molecular formula is C20H27NO3. The third-order valence-corrected chi connectivity index (χ3v) is 5.87. The summed E-state index contributed by atoms with van der Waals surface area (Å²) in [6.45, 7) is 3.87. The van der Waals surface area contributed by atoms with E-state index in [2.05, 4.69) is 31.2 Å². The lowest BCUT2D eigenvalue weighted by Crippen LogP contribution is -2.45. The van der Waals surface area contributed by atoms with Crippen LogP contribution in [0.3, 0.4) is 0 Å². The summed E-state index contributed by atoms with van der Waals surface area (Å²) in [6.07, 6.45) is 3.75. The number of carbonyl (C=O) groups excluding carboxylic acids is 1. The fourth-order valence-corrected chi connectivity index (χ4v) is 4.39. The predicted octanol–water partition coefficient (Wildman–Crippen LogP) is 3.53. The van der Waals surface area contributed by atoms with Crippen LogP contribution in [0.5, 0.6) is 0 Å². The van der Waals surface area contributed by atoms with Crippen LogP contribution in [0.4, 0.5) is 0 Å². The van der Waals surface area contributed by atoms with Gasteiger partial charge in [0.1, 0.15) is 0 Å².